The van der Waals surface area contributed by atoms with Gasteiger partial charge in [-0.3, -0.25) is 9.69 Å². The molecule has 2 aromatic rings. The summed E-state index contributed by atoms with van der Waals surface area (Å²) in [7, 11) is -3.67. The van der Waals surface area contributed by atoms with E-state index >= 15 is 0 Å². The van der Waals surface area contributed by atoms with Crippen LogP contribution in [0.4, 0.5) is 5.13 Å². The third-order valence-corrected chi connectivity index (χ3v) is 6.47. The quantitative estimate of drug-likeness (QED) is 0.646. The Morgan fingerprint density at radius 3 is 2.50 bits per heavy atom. The maximum Gasteiger partial charge on any atom is 0.238 e. The second-order valence-electron chi connectivity index (χ2n) is 6.68. The van der Waals surface area contributed by atoms with Gasteiger partial charge in [0, 0.05) is 57.3 Å². The number of primary sulfonamides is 1. The monoisotopic (exact) mass is 423 g/mol. The van der Waals surface area contributed by atoms with Gasteiger partial charge in [0.2, 0.25) is 15.9 Å². The smallest absolute Gasteiger partial charge is 0.238 e. The summed E-state index contributed by atoms with van der Waals surface area (Å²) in [4.78, 5) is 21.1. The molecule has 0 aliphatic carbocycles. The Labute approximate surface area is 169 Å². The molecule has 10 heteroatoms. The van der Waals surface area contributed by atoms with Gasteiger partial charge in [0.1, 0.15) is 0 Å². The lowest BCUT2D eigenvalue weighted by Gasteiger charge is -2.34. The zero-order valence-corrected chi connectivity index (χ0v) is 17.2. The standard InChI is InChI=1S/C18H25N5O3S2/c19-28(25,26)16-3-1-15(2-4-16)5-7-20-17(24)6-9-22-10-12-23(13-11-22)18-21-8-14-27-18/h1-4,8,14H,5-7,9-13H2,(H,20,24)(H2,19,25,26). The van der Waals surface area contributed by atoms with Crippen LogP contribution in [0, 0.1) is 0 Å². The van der Waals surface area contributed by atoms with Gasteiger partial charge in [-0.15, -0.1) is 11.3 Å². The molecule has 3 N–H and O–H groups in total. The van der Waals surface area contributed by atoms with Crippen molar-refractivity contribution >= 4 is 32.4 Å². The number of carbonyl (C=O) groups is 1. The number of hydrogen-bond acceptors (Lipinski definition) is 7. The van der Waals surface area contributed by atoms with E-state index in [9.17, 15) is 13.2 Å². The molecule has 0 bridgehead atoms. The minimum atomic E-state index is -3.67. The van der Waals surface area contributed by atoms with Crippen LogP contribution in [-0.4, -0.2) is 63.5 Å². The SMILES string of the molecule is NS(=O)(=O)c1ccc(CCNC(=O)CCN2CCN(c3nccs3)CC2)cc1. The van der Waals surface area contributed by atoms with Crippen molar-refractivity contribution in [1.82, 2.24) is 15.2 Å². The zero-order chi connectivity index (χ0) is 20.0. The first-order valence-corrected chi connectivity index (χ1v) is 11.6. The van der Waals surface area contributed by atoms with Gasteiger partial charge in [0.25, 0.3) is 0 Å². The lowest BCUT2D eigenvalue weighted by Crippen LogP contribution is -2.47. The van der Waals surface area contributed by atoms with E-state index in [0.717, 1.165) is 43.4 Å². The van der Waals surface area contributed by atoms with Gasteiger partial charge in [0.15, 0.2) is 5.13 Å². The normalized spacial score (nSPS) is 15.5. The summed E-state index contributed by atoms with van der Waals surface area (Å²) < 4.78 is 22.5. The van der Waals surface area contributed by atoms with Crippen LogP contribution < -0.4 is 15.4 Å². The third-order valence-electron chi connectivity index (χ3n) is 4.70. The Hall–Kier alpha value is -2.01. The van der Waals surface area contributed by atoms with Gasteiger partial charge >= 0.3 is 0 Å². The average molecular weight is 424 g/mol. The molecule has 0 radical (unpaired) electrons. The molecule has 1 saturated heterocycles. The van der Waals surface area contributed by atoms with Gasteiger partial charge in [-0.2, -0.15) is 0 Å². The number of rotatable bonds is 8. The molecule has 0 saturated carbocycles. The van der Waals surface area contributed by atoms with Crippen molar-refractivity contribution in [3.05, 3.63) is 41.4 Å². The third kappa shape index (κ3) is 5.99. The molecule has 152 valence electrons. The van der Waals surface area contributed by atoms with Gasteiger partial charge in [-0.1, -0.05) is 12.1 Å². The summed E-state index contributed by atoms with van der Waals surface area (Å²) in [5.74, 6) is 0.0310. The largest absolute Gasteiger partial charge is 0.356 e. The molecule has 1 aromatic heterocycles. The fourth-order valence-corrected chi connectivity index (χ4v) is 4.29. The van der Waals surface area contributed by atoms with Crippen LogP contribution in [0.1, 0.15) is 12.0 Å². The highest BCUT2D eigenvalue weighted by Crippen LogP contribution is 2.18. The number of aromatic nitrogens is 1. The molecule has 2 heterocycles. The maximum atomic E-state index is 12.1. The second-order valence-corrected chi connectivity index (χ2v) is 9.12. The first-order valence-electron chi connectivity index (χ1n) is 9.17. The van der Waals surface area contributed by atoms with E-state index in [0.29, 0.717) is 19.4 Å². The molecule has 28 heavy (non-hydrogen) atoms. The summed E-state index contributed by atoms with van der Waals surface area (Å²) in [5.41, 5.74) is 0.950. The molecule has 8 nitrogen and oxygen atoms in total. The van der Waals surface area contributed by atoms with Crippen molar-refractivity contribution < 1.29 is 13.2 Å². The van der Waals surface area contributed by atoms with Crippen molar-refractivity contribution in [2.45, 2.75) is 17.7 Å². The molecule has 0 unspecified atom stereocenters. The van der Waals surface area contributed by atoms with Crippen molar-refractivity contribution in [2.24, 2.45) is 5.14 Å². The Morgan fingerprint density at radius 2 is 1.89 bits per heavy atom. The first-order chi connectivity index (χ1) is 13.4. The Morgan fingerprint density at radius 1 is 1.18 bits per heavy atom. The number of nitrogens with two attached hydrogens (primary N) is 1. The number of anilines is 1. The number of thiazole rings is 1. The van der Waals surface area contributed by atoms with Crippen LogP contribution in [0.5, 0.6) is 0 Å². The van der Waals surface area contributed by atoms with E-state index in [1.54, 1.807) is 23.5 Å². The van der Waals surface area contributed by atoms with Gasteiger partial charge in [0.05, 0.1) is 4.90 Å². The fourth-order valence-electron chi connectivity index (χ4n) is 3.07. The molecule has 3 rings (SSSR count). The molecular formula is C18H25N5O3S2. The number of benzene rings is 1. The minimum Gasteiger partial charge on any atom is -0.356 e. The molecule has 0 atom stereocenters. The summed E-state index contributed by atoms with van der Waals surface area (Å²) in [6, 6.07) is 6.40. The Balaban J connectivity index is 1.32. The highest BCUT2D eigenvalue weighted by molar-refractivity contribution is 7.89. The van der Waals surface area contributed by atoms with Crippen LogP contribution in [0.25, 0.3) is 0 Å². The van der Waals surface area contributed by atoms with Crippen LogP contribution in [0.15, 0.2) is 40.7 Å². The van der Waals surface area contributed by atoms with Crippen LogP contribution in [-0.2, 0) is 21.2 Å². The van der Waals surface area contributed by atoms with Crippen LogP contribution >= 0.6 is 11.3 Å². The number of sulfonamides is 1. The molecule has 0 spiro atoms. The number of piperazine rings is 1. The molecule has 1 aromatic carbocycles. The second kappa shape index (κ2) is 9.46. The molecule has 1 aliphatic heterocycles. The molecular weight excluding hydrogens is 398 g/mol. The van der Waals surface area contributed by atoms with E-state index in [2.05, 4.69) is 20.1 Å². The summed E-state index contributed by atoms with van der Waals surface area (Å²) in [6.07, 6.45) is 2.94. The van der Waals surface area contributed by atoms with Gasteiger partial charge in [-0.25, -0.2) is 18.5 Å². The van der Waals surface area contributed by atoms with Crippen molar-refractivity contribution in [1.29, 1.82) is 0 Å². The van der Waals surface area contributed by atoms with E-state index < -0.39 is 10.0 Å². The Kier molecular flexibility index (Phi) is 7.00. The van der Waals surface area contributed by atoms with Crippen molar-refractivity contribution in [3.8, 4) is 0 Å². The number of nitrogens with zero attached hydrogens (tertiary/aromatic N) is 3. The predicted octanol–water partition coefficient (Wildman–Crippen LogP) is 0.661. The van der Waals surface area contributed by atoms with E-state index in [1.165, 1.54) is 12.1 Å². The van der Waals surface area contributed by atoms with Crippen LogP contribution in [0.2, 0.25) is 0 Å². The number of nitrogens with one attached hydrogen (secondary N) is 1. The van der Waals surface area contributed by atoms with Crippen LogP contribution in [0.3, 0.4) is 0 Å². The van der Waals surface area contributed by atoms with E-state index in [1.807, 2.05) is 11.6 Å². The Bertz CT molecular complexity index is 861. The number of carbonyl (C=O) groups excluding carboxylic acids is 1. The highest BCUT2D eigenvalue weighted by Gasteiger charge is 2.19. The van der Waals surface area contributed by atoms with Crippen molar-refractivity contribution in [3.63, 3.8) is 0 Å². The molecule has 1 fully saturated rings. The molecule has 1 aliphatic rings. The van der Waals surface area contributed by atoms with E-state index in [-0.39, 0.29) is 10.8 Å². The molecule has 1 amide bonds. The van der Waals surface area contributed by atoms with Gasteiger partial charge < -0.3 is 10.2 Å². The average Bonchev–Trinajstić information content (AvgIpc) is 3.21. The summed E-state index contributed by atoms with van der Waals surface area (Å²) >= 11 is 1.65. The highest BCUT2D eigenvalue weighted by atomic mass is 32.2. The number of amides is 1. The number of hydrogen-bond donors (Lipinski definition) is 2. The topological polar surface area (TPSA) is 109 Å². The lowest BCUT2D eigenvalue weighted by atomic mass is 10.1. The van der Waals surface area contributed by atoms with E-state index in [4.69, 9.17) is 5.14 Å². The fraction of sp³-hybridized carbons (Fsp3) is 0.444. The first kappa shape index (κ1) is 20.7. The predicted molar refractivity (Wildman–Crippen MR) is 110 cm³/mol. The maximum absolute atomic E-state index is 12.1. The minimum absolute atomic E-state index is 0.0310. The van der Waals surface area contributed by atoms with Crippen molar-refractivity contribution in [2.75, 3.05) is 44.2 Å². The lowest BCUT2D eigenvalue weighted by molar-refractivity contribution is -0.121. The zero-order valence-electron chi connectivity index (χ0n) is 15.6. The summed E-state index contributed by atoms with van der Waals surface area (Å²) in [6.45, 7) is 5.01. The van der Waals surface area contributed by atoms with Gasteiger partial charge in [-0.05, 0) is 24.1 Å². The summed E-state index contributed by atoms with van der Waals surface area (Å²) in [5, 5.41) is 11.1.